The van der Waals surface area contributed by atoms with Crippen LogP contribution in [-0.2, 0) is 17.8 Å². The molecule has 6 aliphatic rings. The number of hydrogen-bond acceptors (Lipinski definition) is 3. The molecule has 0 aromatic carbocycles. The maximum absolute atomic E-state index is 13.2. The molecular weight excluding hydrogens is 376 g/mol. The minimum absolute atomic E-state index is 0.103. The fourth-order valence-corrected chi connectivity index (χ4v) is 7.87. The standard InChI is InChI=1S/C24H34N4O2/c29-22(15-24-12-17-9-18(13-24)11-19(10-17)14-24)26-5-7-27(8-6-26)23(30)20-16-25-28-4-2-1-3-21(20)28/h16-19H,1-15H2. The fraction of sp³-hybridized carbons (Fsp3) is 0.792. The highest BCUT2D eigenvalue weighted by Gasteiger charge is 2.51. The van der Waals surface area contributed by atoms with Gasteiger partial charge in [0.1, 0.15) is 0 Å². The van der Waals surface area contributed by atoms with Crippen molar-refractivity contribution in [2.45, 2.75) is 70.8 Å². The summed E-state index contributed by atoms with van der Waals surface area (Å²) in [7, 11) is 0. The number of carbonyl (C=O) groups is 2. The number of amides is 2. The second-order valence-electron chi connectivity index (χ2n) is 11.0. The van der Waals surface area contributed by atoms with E-state index in [1.54, 1.807) is 6.20 Å². The van der Waals surface area contributed by atoms with Crippen LogP contribution in [0.25, 0.3) is 0 Å². The van der Waals surface area contributed by atoms with Gasteiger partial charge in [0, 0.05) is 39.1 Å². The SMILES string of the molecule is O=C(CC12CC3CC(CC(C3)C1)C2)N1CCN(C(=O)c2cnn3c2CCCC3)CC1. The number of fused-ring (bicyclic) bond motifs is 1. The van der Waals surface area contributed by atoms with Gasteiger partial charge in [0.05, 0.1) is 17.5 Å². The van der Waals surface area contributed by atoms with Crippen molar-refractivity contribution in [1.29, 1.82) is 0 Å². The second kappa shape index (κ2) is 7.10. The summed E-state index contributed by atoms with van der Waals surface area (Å²) in [5.41, 5.74) is 2.19. The van der Waals surface area contributed by atoms with Gasteiger partial charge in [0.25, 0.3) is 5.91 Å². The number of carbonyl (C=O) groups excluding carboxylic acids is 2. The van der Waals surface area contributed by atoms with Gasteiger partial charge < -0.3 is 9.80 Å². The maximum Gasteiger partial charge on any atom is 0.257 e. The summed E-state index contributed by atoms with van der Waals surface area (Å²) in [6.45, 7) is 3.59. The van der Waals surface area contributed by atoms with Crippen LogP contribution in [0.2, 0.25) is 0 Å². The Hall–Kier alpha value is -1.85. The Bertz CT molecular complexity index is 816. The van der Waals surface area contributed by atoms with Crippen LogP contribution in [0.4, 0.5) is 0 Å². The van der Waals surface area contributed by atoms with E-state index in [0.29, 0.717) is 37.5 Å². The first-order valence-corrected chi connectivity index (χ1v) is 12.2. The Morgan fingerprint density at radius 1 is 0.900 bits per heavy atom. The lowest BCUT2D eigenvalue weighted by Crippen LogP contribution is -2.53. The number of rotatable bonds is 3. The molecular formula is C24H34N4O2. The van der Waals surface area contributed by atoms with Gasteiger partial charge in [-0.15, -0.1) is 0 Å². The number of piperazine rings is 1. The summed E-state index contributed by atoms with van der Waals surface area (Å²) >= 11 is 0. The van der Waals surface area contributed by atoms with Gasteiger partial charge in [-0.1, -0.05) is 0 Å². The Kier molecular flexibility index (Phi) is 4.47. The van der Waals surface area contributed by atoms with Crippen molar-refractivity contribution < 1.29 is 9.59 Å². The van der Waals surface area contributed by atoms with Crippen molar-refractivity contribution in [2.75, 3.05) is 26.2 Å². The van der Waals surface area contributed by atoms with E-state index in [2.05, 4.69) is 5.10 Å². The van der Waals surface area contributed by atoms with Crippen molar-refractivity contribution in [2.24, 2.45) is 23.2 Å². The van der Waals surface area contributed by atoms with Crippen LogP contribution in [0.1, 0.15) is 73.8 Å². The molecule has 3 heterocycles. The molecule has 4 bridgehead atoms. The van der Waals surface area contributed by atoms with Gasteiger partial charge in [0.2, 0.25) is 5.91 Å². The first-order valence-electron chi connectivity index (χ1n) is 12.2. The quantitative estimate of drug-likeness (QED) is 0.769. The van der Waals surface area contributed by atoms with Crippen LogP contribution in [0, 0.1) is 23.2 Å². The average molecular weight is 411 g/mol. The van der Waals surface area contributed by atoms with Crippen molar-refractivity contribution in [1.82, 2.24) is 19.6 Å². The maximum atomic E-state index is 13.2. The Labute approximate surface area is 179 Å². The van der Waals surface area contributed by atoms with Crippen LogP contribution < -0.4 is 0 Å². The molecule has 0 N–H and O–H groups in total. The second-order valence-corrected chi connectivity index (χ2v) is 11.0. The highest BCUT2D eigenvalue weighted by Crippen LogP contribution is 2.61. The normalized spacial score (nSPS) is 34.9. The third-order valence-electron chi connectivity index (χ3n) is 8.82. The molecule has 0 radical (unpaired) electrons. The molecule has 1 saturated heterocycles. The molecule has 4 aliphatic carbocycles. The van der Waals surface area contributed by atoms with Crippen molar-refractivity contribution in [3.05, 3.63) is 17.5 Å². The first-order chi connectivity index (χ1) is 14.6. The molecule has 1 aromatic rings. The lowest BCUT2D eigenvalue weighted by Gasteiger charge is -2.57. The van der Waals surface area contributed by atoms with Crippen molar-refractivity contribution in [3.8, 4) is 0 Å². The molecule has 2 amide bonds. The smallest absolute Gasteiger partial charge is 0.257 e. The molecule has 0 atom stereocenters. The molecule has 5 fully saturated rings. The zero-order valence-electron chi connectivity index (χ0n) is 18.0. The highest BCUT2D eigenvalue weighted by atomic mass is 16.2. The third-order valence-corrected chi connectivity index (χ3v) is 8.82. The predicted octanol–water partition coefficient (Wildman–Crippen LogP) is 3.11. The molecule has 1 aromatic heterocycles. The molecule has 6 heteroatoms. The van der Waals surface area contributed by atoms with Crippen LogP contribution >= 0.6 is 0 Å². The lowest BCUT2D eigenvalue weighted by atomic mass is 9.49. The van der Waals surface area contributed by atoms with Crippen LogP contribution in [-0.4, -0.2) is 57.6 Å². The summed E-state index contributed by atoms with van der Waals surface area (Å²) in [6.07, 6.45) is 13.9. The minimum atomic E-state index is 0.103. The van der Waals surface area contributed by atoms with E-state index in [1.165, 1.54) is 38.5 Å². The Morgan fingerprint density at radius 3 is 2.20 bits per heavy atom. The van der Waals surface area contributed by atoms with Crippen LogP contribution in [0.5, 0.6) is 0 Å². The lowest BCUT2D eigenvalue weighted by molar-refractivity contribution is -0.141. The van der Waals surface area contributed by atoms with Gasteiger partial charge >= 0.3 is 0 Å². The first kappa shape index (κ1) is 18.9. The van der Waals surface area contributed by atoms with Gasteiger partial charge in [0.15, 0.2) is 0 Å². The molecule has 7 rings (SSSR count). The zero-order valence-corrected chi connectivity index (χ0v) is 18.0. The Morgan fingerprint density at radius 2 is 1.53 bits per heavy atom. The van der Waals surface area contributed by atoms with E-state index in [1.807, 2.05) is 14.5 Å². The highest BCUT2D eigenvalue weighted by molar-refractivity contribution is 5.95. The van der Waals surface area contributed by atoms with Gasteiger partial charge in [-0.3, -0.25) is 14.3 Å². The minimum Gasteiger partial charge on any atom is -0.339 e. The molecule has 4 saturated carbocycles. The van der Waals surface area contributed by atoms with E-state index >= 15 is 0 Å². The van der Waals surface area contributed by atoms with E-state index in [0.717, 1.165) is 61.2 Å². The van der Waals surface area contributed by atoms with E-state index < -0.39 is 0 Å². The van der Waals surface area contributed by atoms with E-state index in [-0.39, 0.29) is 5.91 Å². The average Bonchev–Trinajstić information content (AvgIpc) is 3.16. The van der Waals surface area contributed by atoms with Gasteiger partial charge in [-0.25, -0.2) is 0 Å². The van der Waals surface area contributed by atoms with Crippen molar-refractivity contribution >= 4 is 11.8 Å². The number of nitrogens with zero attached hydrogens (tertiary/aromatic N) is 4. The summed E-state index contributed by atoms with van der Waals surface area (Å²) in [5, 5.41) is 4.42. The number of aryl methyl sites for hydroxylation is 1. The van der Waals surface area contributed by atoms with E-state index in [4.69, 9.17) is 0 Å². The fourth-order valence-electron chi connectivity index (χ4n) is 7.87. The topological polar surface area (TPSA) is 58.4 Å². The number of hydrogen-bond donors (Lipinski definition) is 0. The summed E-state index contributed by atoms with van der Waals surface area (Å²) in [5.74, 6) is 3.11. The molecule has 30 heavy (non-hydrogen) atoms. The summed E-state index contributed by atoms with van der Waals surface area (Å²) < 4.78 is 2.00. The Balaban J connectivity index is 1.07. The van der Waals surface area contributed by atoms with Crippen LogP contribution in [0.15, 0.2) is 6.20 Å². The van der Waals surface area contributed by atoms with Gasteiger partial charge in [-0.05, 0) is 81.0 Å². The molecule has 162 valence electrons. The molecule has 2 aliphatic heterocycles. The number of aromatic nitrogens is 2. The third kappa shape index (κ3) is 3.18. The van der Waals surface area contributed by atoms with Crippen LogP contribution in [0.3, 0.4) is 0 Å². The summed E-state index contributed by atoms with van der Waals surface area (Å²) in [6, 6.07) is 0. The monoisotopic (exact) mass is 410 g/mol. The molecule has 0 spiro atoms. The zero-order chi connectivity index (χ0) is 20.3. The van der Waals surface area contributed by atoms with E-state index in [9.17, 15) is 9.59 Å². The summed E-state index contributed by atoms with van der Waals surface area (Å²) in [4.78, 5) is 30.2. The molecule has 0 unspecified atom stereocenters. The molecule has 6 nitrogen and oxygen atoms in total. The van der Waals surface area contributed by atoms with Crippen molar-refractivity contribution in [3.63, 3.8) is 0 Å². The van der Waals surface area contributed by atoms with Gasteiger partial charge in [-0.2, -0.15) is 5.10 Å². The predicted molar refractivity (Wildman–Crippen MR) is 113 cm³/mol. The largest absolute Gasteiger partial charge is 0.339 e.